The summed E-state index contributed by atoms with van der Waals surface area (Å²) in [6.07, 6.45) is 1.91. The average molecular weight is 466 g/mol. The second kappa shape index (κ2) is 8.58. The molecule has 0 bridgehead atoms. The predicted molar refractivity (Wildman–Crippen MR) is 114 cm³/mol. The van der Waals surface area contributed by atoms with E-state index in [1.54, 1.807) is 18.2 Å². The quantitative estimate of drug-likeness (QED) is 0.638. The van der Waals surface area contributed by atoms with E-state index in [9.17, 15) is 21.6 Å². The van der Waals surface area contributed by atoms with Crippen LogP contribution in [0.2, 0.25) is 0 Å². The molecule has 2 aliphatic rings. The van der Waals surface area contributed by atoms with E-state index < -0.39 is 20.0 Å². The topological polar surface area (TPSA) is 122 Å². The van der Waals surface area contributed by atoms with Crippen LogP contribution in [0, 0.1) is 0 Å². The first kappa shape index (κ1) is 21.8. The molecule has 4 rings (SSSR count). The Morgan fingerprint density at radius 3 is 2.23 bits per heavy atom. The van der Waals surface area contributed by atoms with Crippen LogP contribution >= 0.6 is 0 Å². The van der Waals surface area contributed by atoms with Gasteiger partial charge in [-0.25, -0.2) is 16.8 Å². The lowest BCUT2D eigenvalue weighted by Crippen LogP contribution is -2.40. The number of hydrogen-bond donors (Lipinski definition) is 2. The van der Waals surface area contributed by atoms with Gasteiger partial charge in [0.05, 0.1) is 23.0 Å². The molecule has 1 saturated heterocycles. The number of ether oxygens (including phenoxy) is 1. The molecule has 1 heterocycles. The fourth-order valence-electron chi connectivity index (χ4n) is 3.16. The molecule has 2 aromatic rings. The lowest BCUT2D eigenvalue weighted by Gasteiger charge is -2.26. The average Bonchev–Trinajstić information content (AvgIpc) is 3.58. The zero-order chi connectivity index (χ0) is 22.1. The summed E-state index contributed by atoms with van der Waals surface area (Å²) in [6, 6.07) is 11.5. The van der Waals surface area contributed by atoms with Crippen LogP contribution < -0.4 is 10.0 Å². The van der Waals surface area contributed by atoms with E-state index in [2.05, 4.69) is 10.0 Å². The number of carbonyl (C=O) groups is 1. The van der Waals surface area contributed by atoms with E-state index in [-0.39, 0.29) is 40.5 Å². The Morgan fingerprint density at radius 2 is 1.58 bits per heavy atom. The van der Waals surface area contributed by atoms with E-state index in [4.69, 9.17) is 4.74 Å². The first-order valence-corrected chi connectivity index (χ1v) is 12.8. The molecule has 11 heteroatoms. The van der Waals surface area contributed by atoms with Gasteiger partial charge in [0.25, 0.3) is 15.9 Å². The number of amides is 1. The van der Waals surface area contributed by atoms with E-state index in [1.165, 1.54) is 34.6 Å². The van der Waals surface area contributed by atoms with E-state index in [0.29, 0.717) is 18.8 Å². The number of benzene rings is 2. The first-order valence-electron chi connectivity index (χ1n) is 9.87. The molecular formula is C20H23N3O6S2. The van der Waals surface area contributed by atoms with Crippen molar-refractivity contribution in [2.75, 3.05) is 31.0 Å². The molecule has 1 aliphatic heterocycles. The van der Waals surface area contributed by atoms with Gasteiger partial charge in [-0.3, -0.25) is 9.52 Å². The lowest BCUT2D eigenvalue weighted by atomic mass is 10.2. The normalized spacial score (nSPS) is 17.8. The van der Waals surface area contributed by atoms with Crippen LogP contribution in [0.5, 0.6) is 0 Å². The molecule has 0 spiro atoms. The van der Waals surface area contributed by atoms with Crippen molar-refractivity contribution in [1.29, 1.82) is 0 Å². The largest absolute Gasteiger partial charge is 0.379 e. The van der Waals surface area contributed by atoms with Crippen LogP contribution in [0.25, 0.3) is 0 Å². The van der Waals surface area contributed by atoms with Crippen molar-refractivity contribution >= 4 is 31.6 Å². The zero-order valence-electron chi connectivity index (χ0n) is 16.7. The summed E-state index contributed by atoms with van der Waals surface area (Å²) >= 11 is 0. The molecule has 166 valence electrons. The fraction of sp³-hybridized carbons (Fsp3) is 0.350. The number of morpholine rings is 1. The van der Waals surface area contributed by atoms with Crippen LogP contribution in [0.4, 0.5) is 5.69 Å². The number of anilines is 1. The lowest BCUT2D eigenvalue weighted by molar-refractivity contribution is 0.0730. The molecular weight excluding hydrogens is 442 g/mol. The molecule has 2 fully saturated rings. The van der Waals surface area contributed by atoms with Gasteiger partial charge in [0.2, 0.25) is 10.0 Å². The Bertz CT molecular complexity index is 1170. The summed E-state index contributed by atoms with van der Waals surface area (Å²) in [5.74, 6) is -0.249. The van der Waals surface area contributed by atoms with Crippen LogP contribution in [-0.4, -0.2) is 59.4 Å². The van der Waals surface area contributed by atoms with Crippen molar-refractivity contribution in [3.63, 3.8) is 0 Å². The van der Waals surface area contributed by atoms with Gasteiger partial charge >= 0.3 is 0 Å². The Balaban J connectivity index is 1.49. The van der Waals surface area contributed by atoms with Gasteiger partial charge in [-0.2, -0.15) is 4.31 Å². The second-order valence-corrected chi connectivity index (χ2v) is 11.0. The zero-order valence-corrected chi connectivity index (χ0v) is 18.3. The van der Waals surface area contributed by atoms with Crippen LogP contribution in [0.3, 0.4) is 0 Å². The van der Waals surface area contributed by atoms with Crippen molar-refractivity contribution in [3.8, 4) is 0 Å². The maximum Gasteiger partial charge on any atom is 0.261 e. The third-order valence-corrected chi connectivity index (χ3v) is 8.34. The monoisotopic (exact) mass is 465 g/mol. The van der Waals surface area contributed by atoms with Gasteiger partial charge in [0.1, 0.15) is 0 Å². The predicted octanol–water partition coefficient (Wildman–Crippen LogP) is 1.40. The minimum absolute atomic E-state index is 0.0205. The number of nitrogens with one attached hydrogen (secondary N) is 2. The number of sulfonamides is 2. The Morgan fingerprint density at radius 1 is 0.935 bits per heavy atom. The van der Waals surface area contributed by atoms with Crippen molar-refractivity contribution < 1.29 is 26.4 Å². The minimum atomic E-state index is -3.96. The Hall–Kier alpha value is -2.47. The van der Waals surface area contributed by atoms with Crippen molar-refractivity contribution in [3.05, 3.63) is 54.1 Å². The first-order chi connectivity index (χ1) is 14.8. The molecule has 0 radical (unpaired) electrons. The molecule has 0 unspecified atom stereocenters. The molecule has 1 saturated carbocycles. The summed E-state index contributed by atoms with van der Waals surface area (Å²) < 4.78 is 59.8. The molecule has 2 N–H and O–H groups in total. The third kappa shape index (κ3) is 5.06. The highest BCUT2D eigenvalue weighted by molar-refractivity contribution is 7.92. The SMILES string of the molecule is O=C(NC1CC1)c1cccc(NS(=O)(=O)c2ccc(S(=O)(=O)N3CCOCC3)cc2)c1. The van der Waals surface area contributed by atoms with Gasteiger partial charge in [0, 0.05) is 30.4 Å². The molecule has 1 amide bonds. The van der Waals surface area contributed by atoms with Crippen LogP contribution in [0.1, 0.15) is 23.2 Å². The number of nitrogens with zero attached hydrogens (tertiary/aromatic N) is 1. The molecule has 9 nitrogen and oxygen atoms in total. The molecule has 1 aliphatic carbocycles. The molecule has 0 aromatic heterocycles. The highest BCUT2D eigenvalue weighted by Crippen LogP contribution is 2.23. The maximum absolute atomic E-state index is 12.7. The Labute approximate surface area is 181 Å². The summed E-state index contributed by atoms with van der Waals surface area (Å²) in [5, 5.41) is 2.85. The highest BCUT2D eigenvalue weighted by atomic mass is 32.2. The summed E-state index contributed by atoms with van der Waals surface area (Å²) in [4.78, 5) is 12.1. The van der Waals surface area contributed by atoms with E-state index in [1.807, 2.05) is 0 Å². The van der Waals surface area contributed by atoms with Gasteiger partial charge in [-0.1, -0.05) is 6.07 Å². The maximum atomic E-state index is 12.7. The second-order valence-electron chi connectivity index (χ2n) is 7.42. The van der Waals surface area contributed by atoms with Gasteiger partial charge in [0.15, 0.2) is 0 Å². The number of hydrogen-bond acceptors (Lipinski definition) is 6. The minimum Gasteiger partial charge on any atom is -0.379 e. The van der Waals surface area contributed by atoms with E-state index >= 15 is 0 Å². The summed E-state index contributed by atoms with van der Waals surface area (Å²) in [6.45, 7) is 1.17. The fourth-order valence-corrected chi connectivity index (χ4v) is 5.62. The Kier molecular flexibility index (Phi) is 6.02. The highest BCUT2D eigenvalue weighted by Gasteiger charge is 2.27. The van der Waals surface area contributed by atoms with Gasteiger partial charge in [-0.05, 0) is 55.3 Å². The molecule has 0 atom stereocenters. The third-order valence-electron chi connectivity index (χ3n) is 5.03. The van der Waals surface area contributed by atoms with Crippen molar-refractivity contribution in [2.24, 2.45) is 0 Å². The van der Waals surface area contributed by atoms with Gasteiger partial charge < -0.3 is 10.1 Å². The molecule has 2 aromatic carbocycles. The van der Waals surface area contributed by atoms with Crippen LogP contribution in [-0.2, 0) is 24.8 Å². The smallest absolute Gasteiger partial charge is 0.261 e. The van der Waals surface area contributed by atoms with E-state index in [0.717, 1.165) is 12.8 Å². The summed E-state index contributed by atoms with van der Waals surface area (Å²) in [5.41, 5.74) is 0.604. The van der Waals surface area contributed by atoms with Gasteiger partial charge in [-0.15, -0.1) is 0 Å². The van der Waals surface area contributed by atoms with Crippen molar-refractivity contribution in [2.45, 2.75) is 28.7 Å². The molecule has 31 heavy (non-hydrogen) atoms. The van der Waals surface area contributed by atoms with Crippen LogP contribution in [0.15, 0.2) is 58.3 Å². The standard InChI is InChI=1S/C20H23N3O6S2/c24-20(21-16-4-5-16)15-2-1-3-17(14-15)22-30(25,26)18-6-8-19(9-7-18)31(27,28)23-10-12-29-13-11-23/h1-3,6-9,14,16,22H,4-5,10-13H2,(H,21,24). The summed E-state index contributed by atoms with van der Waals surface area (Å²) in [7, 11) is -7.67. The van der Waals surface area contributed by atoms with Crippen molar-refractivity contribution in [1.82, 2.24) is 9.62 Å². The number of rotatable bonds is 7. The number of carbonyl (C=O) groups excluding carboxylic acids is 1.